The SMILES string of the molecule is Cn1ccnc1SCc1ccc(OC(=O)N2CCC(CSc3nccn3C)CC2)cc1. The van der Waals surface area contributed by atoms with Crippen molar-refractivity contribution in [3.05, 3.63) is 54.6 Å². The van der Waals surface area contributed by atoms with Gasteiger partial charge in [-0.15, -0.1) is 0 Å². The van der Waals surface area contributed by atoms with Crippen LogP contribution >= 0.6 is 23.5 Å². The van der Waals surface area contributed by atoms with E-state index in [-0.39, 0.29) is 6.09 Å². The molecule has 0 saturated carbocycles. The van der Waals surface area contributed by atoms with E-state index in [0.717, 1.165) is 47.7 Å². The van der Waals surface area contributed by atoms with E-state index in [1.165, 1.54) is 5.56 Å². The Balaban J connectivity index is 1.20. The van der Waals surface area contributed by atoms with E-state index in [0.29, 0.717) is 11.7 Å². The summed E-state index contributed by atoms with van der Waals surface area (Å²) in [5, 5.41) is 2.03. The molecule has 2 aromatic heterocycles. The third-order valence-electron chi connectivity index (χ3n) is 5.37. The highest BCUT2D eigenvalue weighted by atomic mass is 32.2. The monoisotopic (exact) mass is 457 g/mol. The van der Waals surface area contributed by atoms with Gasteiger partial charge in [-0.05, 0) is 36.5 Å². The van der Waals surface area contributed by atoms with Crippen LogP contribution in [-0.4, -0.2) is 48.9 Å². The molecule has 1 aliphatic rings. The summed E-state index contributed by atoms with van der Waals surface area (Å²) in [6.07, 6.45) is 9.26. The van der Waals surface area contributed by atoms with Crippen LogP contribution < -0.4 is 4.74 Å². The highest BCUT2D eigenvalue weighted by Gasteiger charge is 2.24. The van der Waals surface area contributed by atoms with Crippen LogP contribution in [0.2, 0.25) is 0 Å². The van der Waals surface area contributed by atoms with Gasteiger partial charge in [-0.2, -0.15) is 0 Å². The topological polar surface area (TPSA) is 65.2 Å². The van der Waals surface area contributed by atoms with Crippen LogP contribution in [0.1, 0.15) is 18.4 Å². The standard InChI is InChI=1S/C22H27N5O2S2/c1-25-13-9-23-20(25)30-15-17-3-5-19(6-4-17)29-22(28)27-11-7-18(8-12-27)16-31-21-24-10-14-26(21)2/h3-6,9-10,13-14,18H,7-8,11-12,15-16H2,1-2H3. The quantitative estimate of drug-likeness (QED) is 0.489. The molecule has 1 fully saturated rings. The Kier molecular flexibility index (Phi) is 7.24. The number of carbonyl (C=O) groups is 1. The molecular weight excluding hydrogens is 430 g/mol. The van der Waals surface area contributed by atoms with Crippen molar-refractivity contribution in [2.24, 2.45) is 20.0 Å². The fraction of sp³-hybridized carbons (Fsp3) is 0.409. The van der Waals surface area contributed by atoms with Gasteiger partial charge in [0.15, 0.2) is 10.3 Å². The lowest BCUT2D eigenvalue weighted by Crippen LogP contribution is -2.40. The normalized spacial score (nSPS) is 14.7. The van der Waals surface area contributed by atoms with Gasteiger partial charge in [-0.25, -0.2) is 14.8 Å². The lowest BCUT2D eigenvalue weighted by Gasteiger charge is -2.31. The van der Waals surface area contributed by atoms with Crippen molar-refractivity contribution in [3.8, 4) is 5.75 Å². The number of aromatic nitrogens is 4. The predicted octanol–water partition coefficient (Wildman–Crippen LogP) is 4.45. The Labute approximate surface area is 191 Å². The molecule has 0 radical (unpaired) electrons. The van der Waals surface area contributed by atoms with Crippen molar-refractivity contribution in [2.75, 3.05) is 18.8 Å². The molecule has 1 aromatic carbocycles. The summed E-state index contributed by atoms with van der Waals surface area (Å²) in [4.78, 5) is 23.0. The van der Waals surface area contributed by atoms with Crippen molar-refractivity contribution < 1.29 is 9.53 Å². The fourth-order valence-corrected chi connectivity index (χ4v) is 5.43. The number of thioether (sulfide) groups is 2. The molecule has 0 aliphatic carbocycles. The summed E-state index contributed by atoms with van der Waals surface area (Å²) in [5.74, 6) is 3.04. The van der Waals surface area contributed by atoms with Crippen LogP contribution in [0, 0.1) is 5.92 Å². The van der Waals surface area contributed by atoms with Gasteiger partial charge in [-0.1, -0.05) is 35.7 Å². The second kappa shape index (κ2) is 10.3. The number of hydrogen-bond acceptors (Lipinski definition) is 6. The largest absolute Gasteiger partial charge is 0.415 e. The maximum Gasteiger partial charge on any atom is 0.415 e. The van der Waals surface area contributed by atoms with E-state index in [1.807, 2.05) is 71.0 Å². The van der Waals surface area contributed by atoms with Crippen LogP contribution in [0.4, 0.5) is 4.79 Å². The van der Waals surface area contributed by atoms with Crippen molar-refractivity contribution in [3.63, 3.8) is 0 Å². The van der Waals surface area contributed by atoms with Crippen molar-refractivity contribution in [1.29, 1.82) is 0 Å². The first-order valence-corrected chi connectivity index (χ1v) is 12.3. The molecule has 1 aliphatic heterocycles. The molecule has 164 valence electrons. The number of piperidine rings is 1. The van der Waals surface area contributed by atoms with Crippen LogP contribution in [0.3, 0.4) is 0 Å². The Hall–Kier alpha value is -2.39. The summed E-state index contributed by atoms with van der Waals surface area (Å²) in [7, 11) is 4.00. The molecule has 1 saturated heterocycles. The Morgan fingerprint density at radius 1 is 1.00 bits per heavy atom. The van der Waals surface area contributed by atoms with E-state index < -0.39 is 0 Å². The zero-order valence-electron chi connectivity index (χ0n) is 17.8. The molecule has 0 bridgehead atoms. The first-order valence-electron chi connectivity index (χ1n) is 10.3. The van der Waals surface area contributed by atoms with E-state index >= 15 is 0 Å². The van der Waals surface area contributed by atoms with Crippen LogP contribution in [0.25, 0.3) is 0 Å². The average Bonchev–Trinajstić information content (AvgIpc) is 3.39. The average molecular weight is 458 g/mol. The number of amides is 1. The Bertz CT molecular complexity index is 994. The van der Waals surface area contributed by atoms with E-state index in [4.69, 9.17) is 4.74 Å². The number of nitrogens with zero attached hydrogens (tertiary/aromatic N) is 5. The molecule has 7 nitrogen and oxygen atoms in total. The van der Waals surface area contributed by atoms with Crippen LogP contribution in [-0.2, 0) is 19.8 Å². The molecule has 3 aromatic rings. The van der Waals surface area contributed by atoms with Crippen molar-refractivity contribution in [2.45, 2.75) is 28.9 Å². The summed E-state index contributed by atoms with van der Waals surface area (Å²) in [5.41, 5.74) is 1.17. The number of likely N-dealkylation sites (tertiary alicyclic amines) is 1. The Morgan fingerprint density at radius 2 is 1.61 bits per heavy atom. The first-order chi connectivity index (χ1) is 15.1. The van der Waals surface area contributed by atoms with Gasteiger partial charge >= 0.3 is 6.09 Å². The molecule has 0 N–H and O–H groups in total. The molecule has 0 unspecified atom stereocenters. The lowest BCUT2D eigenvalue weighted by molar-refractivity contribution is 0.134. The zero-order valence-corrected chi connectivity index (χ0v) is 19.4. The van der Waals surface area contributed by atoms with Crippen LogP contribution in [0.15, 0.2) is 59.4 Å². The highest BCUT2D eigenvalue weighted by Crippen LogP contribution is 2.26. The smallest absolute Gasteiger partial charge is 0.410 e. The van der Waals surface area contributed by atoms with Gasteiger partial charge in [0, 0.05) is 63.5 Å². The predicted molar refractivity (Wildman–Crippen MR) is 123 cm³/mol. The summed E-state index contributed by atoms with van der Waals surface area (Å²) in [6, 6.07) is 7.73. The second-order valence-electron chi connectivity index (χ2n) is 7.68. The number of imidazole rings is 2. The van der Waals surface area contributed by atoms with Gasteiger partial charge in [0.05, 0.1) is 0 Å². The lowest BCUT2D eigenvalue weighted by atomic mass is 9.99. The van der Waals surface area contributed by atoms with E-state index in [9.17, 15) is 4.79 Å². The van der Waals surface area contributed by atoms with Gasteiger partial charge in [0.1, 0.15) is 5.75 Å². The number of carbonyl (C=O) groups excluding carboxylic acids is 1. The van der Waals surface area contributed by atoms with Crippen molar-refractivity contribution >= 4 is 29.6 Å². The molecular formula is C22H27N5O2S2. The van der Waals surface area contributed by atoms with E-state index in [2.05, 4.69) is 9.97 Å². The number of rotatable bonds is 7. The highest BCUT2D eigenvalue weighted by molar-refractivity contribution is 7.99. The van der Waals surface area contributed by atoms with Gasteiger partial charge in [-0.3, -0.25) is 0 Å². The number of hydrogen-bond donors (Lipinski definition) is 0. The Morgan fingerprint density at radius 3 is 2.19 bits per heavy atom. The maximum atomic E-state index is 12.5. The van der Waals surface area contributed by atoms with E-state index in [1.54, 1.807) is 29.7 Å². The molecule has 31 heavy (non-hydrogen) atoms. The third-order valence-corrected chi connectivity index (χ3v) is 7.79. The minimum Gasteiger partial charge on any atom is -0.410 e. The van der Waals surface area contributed by atoms with Gasteiger partial charge in [0.25, 0.3) is 0 Å². The second-order valence-corrected chi connectivity index (χ2v) is 9.61. The molecule has 0 atom stereocenters. The molecule has 0 spiro atoms. The fourth-order valence-electron chi connectivity index (χ4n) is 3.42. The molecule has 9 heteroatoms. The summed E-state index contributed by atoms with van der Waals surface area (Å²) >= 11 is 3.47. The van der Waals surface area contributed by atoms with Gasteiger partial charge < -0.3 is 18.8 Å². The van der Waals surface area contributed by atoms with Crippen molar-refractivity contribution in [1.82, 2.24) is 24.0 Å². The third kappa shape index (κ3) is 5.86. The number of ether oxygens (including phenoxy) is 1. The maximum absolute atomic E-state index is 12.5. The molecule has 4 rings (SSSR count). The number of aryl methyl sites for hydroxylation is 2. The number of benzene rings is 1. The minimum absolute atomic E-state index is 0.259. The van der Waals surface area contributed by atoms with Gasteiger partial charge in [0.2, 0.25) is 0 Å². The first kappa shape index (κ1) is 21.8. The summed E-state index contributed by atoms with van der Waals surface area (Å²) < 4.78 is 9.64. The summed E-state index contributed by atoms with van der Waals surface area (Å²) in [6.45, 7) is 1.48. The molecule has 3 heterocycles. The zero-order chi connectivity index (χ0) is 21.6. The van der Waals surface area contributed by atoms with Crippen LogP contribution in [0.5, 0.6) is 5.75 Å². The molecule has 1 amide bonds. The minimum atomic E-state index is -0.259.